The van der Waals surface area contributed by atoms with Crippen LogP contribution in [-0.2, 0) is 11.3 Å². The van der Waals surface area contributed by atoms with Crippen molar-refractivity contribution in [3.8, 4) is 5.75 Å². The van der Waals surface area contributed by atoms with E-state index < -0.39 is 0 Å². The zero-order valence-electron chi connectivity index (χ0n) is 15.4. The molecular formula is C22H25ClN2O2. The highest BCUT2D eigenvalue weighted by molar-refractivity contribution is 6.31. The van der Waals surface area contributed by atoms with Crippen molar-refractivity contribution in [2.45, 2.75) is 19.4 Å². The number of carbonyl (C=O) groups excluding carboxylic acids is 1. The van der Waals surface area contributed by atoms with Gasteiger partial charge in [-0.15, -0.1) is 0 Å². The summed E-state index contributed by atoms with van der Waals surface area (Å²) in [5.41, 5.74) is 1.94. The fraction of sp³-hybridized carbons (Fsp3) is 0.318. The van der Waals surface area contributed by atoms with Gasteiger partial charge < -0.3 is 10.1 Å². The maximum Gasteiger partial charge on any atom is 0.227 e. The molecule has 1 aliphatic heterocycles. The van der Waals surface area contributed by atoms with E-state index in [1.54, 1.807) is 6.08 Å². The molecule has 3 rings (SSSR count). The summed E-state index contributed by atoms with van der Waals surface area (Å²) in [5, 5.41) is 3.82. The van der Waals surface area contributed by atoms with Crippen LogP contribution in [0.3, 0.4) is 0 Å². The summed E-state index contributed by atoms with van der Waals surface area (Å²) >= 11 is 6.25. The second kappa shape index (κ2) is 9.58. The third kappa shape index (κ3) is 5.59. The molecule has 1 saturated heterocycles. The van der Waals surface area contributed by atoms with Crippen LogP contribution in [0.1, 0.15) is 18.4 Å². The van der Waals surface area contributed by atoms with Crippen LogP contribution in [0.25, 0.3) is 0 Å². The summed E-state index contributed by atoms with van der Waals surface area (Å²) in [7, 11) is 0. The summed E-state index contributed by atoms with van der Waals surface area (Å²) < 4.78 is 5.45. The number of rotatable bonds is 7. The van der Waals surface area contributed by atoms with Gasteiger partial charge in [-0.2, -0.15) is 0 Å². The molecule has 0 spiro atoms. The zero-order valence-corrected chi connectivity index (χ0v) is 16.1. The molecule has 1 N–H and O–H groups in total. The third-order valence-corrected chi connectivity index (χ3v) is 5.17. The lowest BCUT2D eigenvalue weighted by Crippen LogP contribution is -2.37. The Balaban J connectivity index is 1.47. The second-order valence-corrected chi connectivity index (χ2v) is 7.16. The molecule has 0 atom stereocenters. The van der Waals surface area contributed by atoms with E-state index in [0.29, 0.717) is 6.61 Å². The summed E-state index contributed by atoms with van der Waals surface area (Å²) in [4.78, 5) is 14.9. The fourth-order valence-electron chi connectivity index (χ4n) is 3.25. The number of hydrogen-bond donors (Lipinski definition) is 1. The van der Waals surface area contributed by atoms with Crippen molar-refractivity contribution in [3.05, 3.63) is 71.8 Å². The molecule has 4 nitrogen and oxygen atoms in total. The number of benzene rings is 2. The minimum atomic E-state index is 0.0455. The van der Waals surface area contributed by atoms with E-state index in [9.17, 15) is 4.79 Å². The molecule has 142 valence electrons. The molecule has 0 bridgehead atoms. The Morgan fingerprint density at radius 1 is 1.19 bits per heavy atom. The minimum absolute atomic E-state index is 0.0455. The standard InChI is InChI=1S/C22H25ClN2O2/c1-2-15-27-20-9-7-19(8-10-20)24-22(26)17-11-13-25(14-12-17)16-18-5-3-4-6-21(18)23/h2-10,17H,1,11-16H2,(H,24,26). The number of carbonyl (C=O) groups is 1. The number of halogens is 1. The zero-order chi connectivity index (χ0) is 19.1. The summed E-state index contributed by atoms with van der Waals surface area (Å²) in [6, 6.07) is 15.4. The molecule has 0 aliphatic carbocycles. The Hall–Kier alpha value is -2.30. The first-order valence-electron chi connectivity index (χ1n) is 9.26. The van der Waals surface area contributed by atoms with Crippen molar-refractivity contribution in [2.75, 3.05) is 25.0 Å². The number of ether oxygens (including phenoxy) is 1. The molecule has 2 aromatic rings. The Bertz CT molecular complexity index is 768. The molecule has 1 fully saturated rings. The van der Waals surface area contributed by atoms with Crippen molar-refractivity contribution in [2.24, 2.45) is 5.92 Å². The smallest absolute Gasteiger partial charge is 0.227 e. The van der Waals surface area contributed by atoms with Crippen LogP contribution in [0.4, 0.5) is 5.69 Å². The number of piperidine rings is 1. The van der Waals surface area contributed by atoms with Crippen LogP contribution in [-0.4, -0.2) is 30.5 Å². The SMILES string of the molecule is C=CCOc1ccc(NC(=O)C2CCN(Cc3ccccc3Cl)CC2)cc1. The van der Waals surface area contributed by atoms with E-state index in [0.717, 1.165) is 54.5 Å². The molecule has 27 heavy (non-hydrogen) atoms. The topological polar surface area (TPSA) is 41.6 Å². The van der Waals surface area contributed by atoms with E-state index >= 15 is 0 Å². The molecule has 0 radical (unpaired) electrons. The lowest BCUT2D eigenvalue weighted by atomic mass is 9.95. The van der Waals surface area contributed by atoms with Gasteiger partial charge in [0.1, 0.15) is 12.4 Å². The molecule has 5 heteroatoms. The number of likely N-dealkylation sites (tertiary alicyclic amines) is 1. The highest BCUT2D eigenvalue weighted by atomic mass is 35.5. The third-order valence-electron chi connectivity index (χ3n) is 4.80. The Labute approximate surface area is 165 Å². The van der Waals surface area contributed by atoms with E-state index in [2.05, 4.69) is 22.9 Å². The van der Waals surface area contributed by atoms with Gasteiger partial charge in [-0.1, -0.05) is 42.5 Å². The van der Waals surface area contributed by atoms with Crippen molar-refractivity contribution >= 4 is 23.2 Å². The van der Waals surface area contributed by atoms with Crippen molar-refractivity contribution in [3.63, 3.8) is 0 Å². The van der Waals surface area contributed by atoms with Gasteiger partial charge in [0.05, 0.1) is 0 Å². The largest absolute Gasteiger partial charge is 0.490 e. The highest BCUT2D eigenvalue weighted by Gasteiger charge is 2.25. The van der Waals surface area contributed by atoms with Gasteiger partial charge in [0.15, 0.2) is 0 Å². The van der Waals surface area contributed by atoms with Gasteiger partial charge in [-0.3, -0.25) is 9.69 Å². The Kier molecular flexibility index (Phi) is 6.91. The number of amides is 1. The monoisotopic (exact) mass is 384 g/mol. The molecule has 0 unspecified atom stereocenters. The molecule has 1 heterocycles. The van der Waals surface area contributed by atoms with Crippen molar-refractivity contribution in [1.29, 1.82) is 0 Å². The van der Waals surface area contributed by atoms with Gasteiger partial charge in [0.25, 0.3) is 0 Å². The van der Waals surface area contributed by atoms with Gasteiger partial charge in [0.2, 0.25) is 5.91 Å². The maximum absolute atomic E-state index is 12.5. The number of nitrogens with one attached hydrogen (secondary N) is 1. The molecule has 0 aromatic heterocycles. The van der Waals surface area contributed by atoms with Crippen LogP contribution < -0.4 is 10.1 Å². The summed E-state index contributed by atoms with van der Waals surface area (Å²) in [5.74, 6) is 0.900. The van der Waals surface area contributed by atoms with E-state index in [4.69, 9.17) is 16.3 Å². The fourth-order valence-corrected chi connectivity index (χ4v) is 3.45. The van der Waals surface area contributed by atoms with Crippen LogP contribution in [0.5, 0.6) is 5.75 Å². The quantitative estimate of drug-likeness (QED) is 0.700. The Morgan fingerprint density at radius 3 is 2.56 bits per heavy atom. The van der Waals surface area contributed by atoms with Gasteiger partial charge in [-0.05, 0) is 61.8 Å². The van der Waals surface area contributed by atoms with E-state index in [1.165, 1.54) is 0 Å². The molecule has 2 aromatic carbocycles. The average molecular weight is 385 g/mol. The Morgan fingerprint density at radius 2 is 1.89 bits per heavy atom. The predicted octanol–water partition coefficient (Wildman–Crippen LogP) is 4.76. The van der Waals surface area contributed by atoms with Crippen molar-refractivity contribution in [1.82, 2.24) is 4.90 Å². The maximum atomic E-state index is 12.5. The van der Waals surface area contributed by atoms with Gasteiger partial charge in [-0.25, -0.2) is 0 Å². The van der Waals surface area contributed by atoms with Crippen molar-refractivity contribution < 1.29 is 9.53 Å². The average Bonchev–Trinajstić information content (AvgIpc) is 2.70. The molecule has 1 aliphatic rings. The van der Waals surface area contributed by atoms with Crippen LogP contribution >= 0.6 is 11.6 Å². The number of anilines is 1. The lowest BCUT2D eigenvalue weighted by molar-refractivity contribution is -0.121. The van der Waals surface area contributed by atoms with Gasteiger partial charge in [0, 0.05) is 23.2 Å². The second-order valence-electron chi connectivity index (χ2n) is 6.76. The first kappa shape index (κ1) is 19.5. The lowest BCUT2D eigenvalue weighted by Gasteiger charge is -2.31. The summed E-state index contributed by atoms with van der Waals surface area (Å²) in [6.07, 6.45) is 3.42. The van der Waals surface area contributed by atoms with Gasteiger partial charge >= 0.3 is 0 Å². The first-order valence-corrected chi connectivity index (χ1v) is 9.64. The summed E-state index contributed by atoms with van der Waals surface area (Å²) in [6.45, 7) is 6.73. The van der Waals surface area contributed by atoms with E-state index in [-0.39, 0.29) is 11.8 Å². The van der Waals surface area contributed by atoms with Crippen LogP contribution in [0.15, 0.2) is 61.2 Å². The normalized spacial score (nSPS) is 15.3. The predicted molar refractivity (Wildman–Crippen MR) is 110 cm³/mol. The van der Waals surface area contributed by atoms with Crippen LogP contribution in [0, 0.1) is 5.92 Å². The molecule has 1 amide bonds. The van der Waals surface area contributed by atoms with Crippen LogP contribution in [0.2, 0.25) is 5.02 Å². The highest BCUT2D eigenvalue weighted by Crippen LogP contribution is 2.24. The molecule has 0 saturated carbocycles. The number of hydrogen-bond acceptors (Lipinski definition) is 3. The first-order chi connectivity index (χ1) is 13.2. The minimum Gasteiger partial charge on any atom is -0.490 e. The van der Waals surface area contributed by atoms with E-state index in [1.807, 2.05) is 42.5 Å². The molecular weight excluding hydrogens is 360 g/mol. The number of nitrogens with zero attached hydrogens (tertiary/aromatic N) is 1.